The van der Waals surface area contributed by atoms with Gasteiger partial charge in [0.25, 0.3) is 0 Å². The summed E-state index contributed by atoms with van der Waals surface area (Å²) in [5.41, 5.74) is -0.385. The highest BCUT2D eigenvalue weighted by Crippen LogP contribution is 2.38. The van der Waals surface area contributed by atoms with Crippen molar-refractivity contribution in [2.45, 2.75) is 19.8 Å². The van der Waals surface area contributed by atoms with Gasteiger partial charge in [-0.25, -0.2) is 9.59 Å². The van der Waals surface area contributed by atoms with E-state index in [-0.39, 0.29) is 34.8 Å². The minimum Gasteiger partial charge on any atom is -0.507 e. The van der Waals surface area contributed by atoms with Crippen molar-refractivity contribution in [1.82, 2.24) is 0 Å². The van der Waals surface area contributed by atoms with Crippen LogP contribution in [0.4, 0.5) is 0 Å². The molecule has 0 bridgehead atoms. The molecule has 0 spiro atoms. The highest BCUT2D eigenvalue weighted by atomic mass is 16.6. The van der Waals surface area contributed by atoms with Crippen molar-refractivity contribution in [2.75, 3.05) is 6.61 Å². The molecule has 2 aromatic carbocycles. The second kappa shape index (κ2) is 8.90. The molecule has 0 aliphatic rings. The molecule has 28 heavy (non-hydrogen) atoms. The predicted molar refractivity (Wildman–Crippen MR) is 105 cm³/mol. The lowest BCUT2D eigenvalue weighted by Crippen LogP contribution is -2.15. The Kier molecular flexibility index (Phi) is 6.11. The normalized spacial score (nSPS) is 11.0. The molecule has 1 N–H and O–H groups in total. The Hall–Kier alpha value is -3.54. The fourth-order valence-corrected chi connectivity index (χ4v) is 2.65. The average molecular weight is 380 g/mol. The van der Waals surface area contributed by atoms with Gasteiger partial charge in [0.15, 0.2) is 5.75 Å². The Morgan fingerprint density at radius 2 is 1.86 bits per heavy atom. The number of carbonyl (C=O) groups is 1. The third-order valence-corrected chi connectivity index (χ3v) is 3.96. The van der Waals surface area contributed by atoms with Crippen LogP contribution in [0.15, 0.2) is 69.9 Å². The van der Waals surface area contributed by atoms with Gasteiger partial charge in [0.1, 0.15) is 16.7 Å². The fourth-order valence-electron chi connectivity index (χ4n) is 2.65. The van der Waals surface area contributed by atoms with Gasteiger partial charge in [-0.2, -0.15) is 0 Å². The number of hydrogen-bond donors (Lipinski definition) is 1. The molecule has 0 aliphatic heterocycles. The maximum absolute atomic E-state index is 12.5. The van der Waals surface area contributed by atoms with Gasteiger partial charge in [0.05, 0.1) is 12.2 Å². The number of phenols is 1. The third-order valence-electron chi connectivity index (χ3n) is 3.96. The molecule has 1 heterocycles. The van der Waals surface area contributed by atoms with Gasteiger partial charge in [-0.15, -0.1) is 0 Å². The van der Waals surface area contributed by atoms with Crippen molar-refractivity contribution in [3.05, 3.63) is 76.7 Å². The van der Waals surface area contributed by atoms with Crippen LogP contribution in [0.1, 0.15) is 30.1 Å². The van der Waals surface area contributed by atoms with Crippen LogP contribution in [0.2, 0.25) is 0 Å². The third kappa shape index (κ3) is 4.23. The maximum Gasteiger partial charge on any atom is 0.383 e. The summed E-state index contributed by atoms with van der Waals surface area (Å²) in [6.07, 6.45) is 5.37. The number of allylic oxidation sites excluding steroid dienone is 1. The summed E-state index contributed by atoms with van der Waals surface area (Å²) in [6, 6.07) is 12.8. The van der Waals surface area contributed by atoms with Gasteiger partial charge < -0.3 is 19.0 Å². The van der Waals surface area contributed by atoms with Crippen LogP contribution in [0.25, 0.3) is 11.0 Å². The fraction of sp³-hybridized carbons (Fsp3) is 0.182. The molecule has 0 radical (unpaired) electrons. The molecule has 6 nitrogen and oxygen atoms in total. The predicted octanol–water partition coefficient (Wildman–Crippen LogP) is 4.45. The summed E-state index contributed by atoms with van der Waals surface area (Å²) in [5.74, 6) is -1.26. The first-order valence-corrected chi connectivity index (χ1v) is 8.95. The number of aromatic hydroxyl groups is 1. The number of phenolic OH excluding ortho intramolecular Hbond substituents is 1. The molecular weight excluding hydrogens is 360 g/mol. The van der Waals surface area contributed by atoms with Crippen molar-refractivity contribution in [1.29, 1.82) is 0 Å². The van der Waals surface area contributed by atoms with E-state index in [0.717, 1.165) is 6.42 Å². The standard InChI is InChI=1S/C22H20O6/c1-2-3-4-8-14-26-20-19(28-21(24)15-10-6-5-7-11-15)18-16(23)12-9-13-17(18)27-22(20)25/h3-7,9-13,23H,2,8,14H2,1H3/b4-3+. The Balaban J connectivity index is 2.03. The molecule has 0 atom stereocenters. The van der Waals surface area contributed by atoms with E-state index in [1.807, 2.05) is 19.1 Å². The van der Waals surface area contributed by atoms with Crippen molar-refractivity contribution in [3.63, 3.8) is 0 Å². The highest BCUT2D eigenvalue weighted by molar-refractivity contribution is 5.97. The molecular formula is C22H20O6. The van der Waals surface area contributed by atoms with E-state index >= 15 is 0 Å². The zero-order valence-corrected chi connectivity index (χ0v) is 15.4. The number of esters is 1. The first kappa shape index (κ1) is 19.2. The van der Waals surface area contributed by atoms with Crippen LogP contribution in [0, 0.1) is 0 Å². The van der Waals surface area contributed by atoms with Crippen LogP contribution >= 0.6 is 0 Å². The Morgan fingerprint density at radius 3 is 2.61 bits per heavy atom. The summed E-state index contributed by atoms with van der Waals surface area (Å²) in [6.45, 7) is 2.20. The van der Waals surface area contributed by atoms with Crippen molar-refractivity contribution in [2.24, 2.45) is 0 Å². The van der Waals surface area contributed by atoms with E-state index in [4.69, 9.17) is 13.9 Å². The van der Waals surface area contributed by atoms with Crippen molar-refractivity contribution < 1.29 is 23.8 Å². The van der Waals surface area contributed by atoms with Gasteiger partial charge in [-0.05, 0) is 37.1 Å². The van der Waals surface area contributed by atoms with E-state index in [0.29, 0.717) is 12.0 Å². The molecule has 144 valence electrons. The quantitative estimate of drug-likeness (QED) is 0.282. The molecule has 3 aromatic rings. The van der Waals surface area contributed by atoms with Crippen molar-refractivity contribution in [3.8, 4) is 17.2 Å². The summed E-state index contributed by atoms with van der Waals surface area (Å²) in [5, 5.41) is 10.4. The molecule has 0 saturated heterocycles. The largest absolute Gasteiger partial charge is 0.507 e. The van der Waals surface area contributed by atoms with Crippen LogP contribution in [0.5, 0.6) is 17.2 Å². The molecule has 0 fully saturated rings. The lowest BCUT2D eigenvalue weighted by atomic mass is 10.2. The topological polar surface area (TPSA) is 86.0 Å². The minimum absolute atomic E-state index is 0.0964. The number of fused-ring (bicyclic) bond motifs is 1. The van der Waals surface area contributed by atoms with Crippen LogP contribution in [0.3, 0.4) is 0 Å². The first-order valence-electron chi connectivity index (χ1n) is 8.95. The second-order valence-corrected chi connectivity index (χ2v) is 5.97. The number of rotatable bonds is 7. The van der Waals surface area contributed by atoms with E-state index in [2.05, 4.69) is 0 Å². The monoisotopic (exact) mass is 380 g/mol. The minimum atomic E-state index is -0.784. The number of hydrogen-bond acceptors (Lipinski definition) is 6. The lowest BCUT2D eigenvalue weighted by Gasteiger charge is -2.13. The molecule has 0 saturated carbocycles. The SMILES string of the molecule is CC/C=C/CCOc1c(OC(=O)c2ccccc2)c2c(O)cccc2oc1=O. The maximum atomic E-state index is 12.5. The molecule has 3 rings (SSSR count). The summed E-state index contributed by atoms with van der Waals surface area (Å²) < 4.78 is 16.3. The highest BCUT2D eigenvalue weighted by Gasteiger charge is 2.23. The number of benzene rings is 2. The van der Waals surface area contributed by atoms with Crippen LogP contribution in [-0.2, 0) is 0 Å². The second-order valence-electron chi connectivity index (χ2n) is 5.97. The van der Waals surface area contributed by atoms with E-state index in [9.17, 15) is 14.7 Å². The summed E-state index contributed by atoms with van der Waals surface area (Å²) >= 11 is 0. The first-order chi connectivity index (χ1) is 13.6. The van der Waals surface area contributed by atoms with Gasteiger partial charge in [0.2, 0.25) is 5.75 Å². The Morgan fingerprint density at radius 1 is 1.07 bits per heavy atom. The molecule has 0 unspecified atom stereocenters. The molecule has 0 amide bonds. The molecule has 0 aliphatic carbocycles. The van der Waals surface area contributed by atoms with E-state index in [1.165, 1.54) is 18.2 Å². The summed E-state index contributed by atoms with van der Waals surface area (Å²) in [4.78, 5) is 25.0. The van der Waals surface area contributed by atoms with Crippen LogP contribution in [-0.4, -0.2) is 17.7 Å². The Labute approximate surface area is 161 Å². The molecule has 6 heteroatoms. The zero-order chi connectivity index (χ0) is 19.9. The average Bonchev–Trinajstić information content (AvgIpc) is 2.70. The van der Waals surface area contributed by atoms with Crippen LogP contribution < -0.4 is 15.1 Å². The lowest BCUT2D eigenvalue weighted by molar-refractivity contribution is 0.0729. The smallest absolute Gasteiger partial charge is 0.383 e. The Bertz CT molecular complexity index is 1050. The molecule has 1 aromatic heterocycles. The number of carbonyl (C=O) groups excluding carboxylic acids is 1. The van der Waals surface area contributed by atoms with Crippen molar-refractivity contribution >= 4 is 16.9 Å². The van der Waals surface area contributed by atoms with E-state index in [1.54, 1.807) is 30.3 Å². The van der Waals surface area contributed by atoms with Gasteiger partial charge in [-0.3, -0.25) is 0 Å². The number of ether oxygens (including phenoxy) is 2. The van der Waals surface area contributed by atoms with Gasteiger partial charge in [0, 0.05) is 0 Å². The summed E-state index contributed by atoms with van der Waals surface area (Å²) in [7, 11) is 0. The van der Waals surface area contributed by atoms with E-state index < -0.39 is 11.6 Å². The van der Waals surface area contributed by atoms with Gasteiger partial charge >= 0.3 is 11.6 Å². The zero-order valence-electron chi connectivity index (χ0n) is 15.4. The van der Waals surface area contributed by atoms with Gasteiger partial charge in [-0.1, -0.05) is 43.3 Å².